The molecule has 3 aliphatic heterocycles. The molecular formula is C102H114Cl3N21O21. The third-order valence-corrected chi connectivity index (χ3v) is 25.9. The molecule has 42 nitrogen and oxygen atoms in total. The molecule has 3 aliphatic rings. The standard InChI is InChI=1S/3C34H38ClN7O7/c1-21-4-3-5-25-29(43)16-28-31(30(21)25)23(17-35)19-42(28)34(45)26-15-22-14-24(18-36-32(22)38-26)37-33(44)27-20-41(40-39-27)6-7-47-10-11-49-13-12-48-9-8-46-2;1-21-4-3-5-24-29(43)16-28-32(31(21)24)23(17-35)19-42(28)34(45)25-14-22-15-30(36-18-26(22)37-25)38-33(44)27-20-41(40-39-27)6-7-47-10-11-49-13-12-48-9-8-46-2;1-22-4-3-5-25-29(43)16-28-32(31(22)25)23(17-35)18-42(28)34(45)27-20-40-19-24(6-7-30(40)37-27)36-33(44)26-21-41(39-38-26)8-9-47-12-13-49-15-14-48-11-10-46-2/h3-5,14-16,18,20,23,43H,6-13,17,19H2,1-2H3,(H,36,38)(H,37,44);3-5,14-16,18,20,23,37,43H,6-13,17,19H2,1-2H3,(H,36,38,44);3-7,16,19-21,23,43H,8-15,17-18H2,1-2H3,(H,36,44)/t3*23-/m111/s1. The molecule has 6 amide bonds. The van der Waals surface area contributed by atoms with Crippen LogP contribution in [0.1, 0.15) is 114 Å². The minimum atomic E-state index is -0.477. The van der Waals surface area contributed by atoms with Crippen LogP contribution in [0.25, 0.3) is 59.9 Å². The Hall–Kier alpha value is -13.8. The van der Waals surface area contributed by atoms with Gasteiger partial charge in [-0.15, -0.1) is 50.1 Å². The number of benzene rings is 6. The lowest BCUT2D eigenvalue weighted by atomic mass is 9.92. The number of methoxy groups -OCH3 is 3. The summed E-state index contributed by atoms with van der Waals surface area (Å²) in [5, 5.41) is 71.1. The number of H-pyrrole nitrogens is 2. The number of alkyl halides is 3. The molecule has 0 saturated heterocycles. The van der Waals surface area contributed by atoms with E-state index in [9.17, 15) is 44.1 Å². The minimum Gasteiger partial charge on any atom is -0.507 e. The Morgan fingerprint density at radius 1 is 0.388 bits per heavy atom. The third kappa shape index (κ3) is 25.7. The summed E-state index contributed by atoms with van der Waals surface area (Å²) in [6.45, 7) is 18.2. The molecule has 12 heterocycles. The van der Waals surface area contributed by atoms with Gasteiger partial charge in [0.25, 0.3) is 35.4 Å². The van der Waals surface area contributed by atoms with Crippen LogP contribution < -0.4 is 30.7 Å². The molecule has 3 atom stereocenters. The summed E-state index contributed by atoms with van der Waals surface area (Å²) in [4.78, 5) is 105. The van der Waals surface area contributed by atoms with E-state index >= 15 is 0 Å². The predicted octanol–water partition coefficient (Wildman–Crippen LogP) is 12.5. The van der Waals surface area contributed by atoms with Crippen molar-refractivity contribution < 1.29 is 101 Å². The van der Waals surface area contributed by atoms with Gasteiger partial charge in [0, 0.05) is 134 Å². The van der Waals surface area contributed by atoms with Crippen LogP contribution in [0.2, 0.25) is 0 Å². The van der Waals surface area contributed by atoms with E-state index in [4.69, 9.17) is 91.6 Å². The first kappa shape index (κ1) is 106. The molecule has 0 spiro atoms. The maximum atomic E-state index is 13.9. The van der Waals surface area contributed by atoms with Crippen molar-refractivity contribution in [2.45, 2.75) is 58.2 Å². The first-order valence-corrected chi connectivity index (χ1v) is 49.4. The first-order valence-electron chi connectivity index (χ1n) is 47.8. The number of aromatic hydroxyl groups is 3. The van der Waals surface area contributed by atoms with Crippen molar-refractivity contribution in [1.29, 1.82) is 0 Å². The smallest absolute Gasteiger partial charge is 0.278 e. The van der Waals surface area contributed by atoms with Gasteiger partial charge in [0.05, 0.1) is 223 Å². The van der Waals surface area contributed by atoms with Gasteiger partial charge < -0.3 is 117 Å². The average molecular weight is 2080 g/mol. The average Bonchev–Trinajstić information content (AvgIpc) is 1.59. The van der Waals surface area contributed by atoms with Crippen molar-refractivity contribution in [3.8, 4) is 17.2 Å². The van der Waals surface area contributed by atoms with Gasteiger partial charge >= 0.3 is 0 Å². The van der Waals surface area contributed by atoms with Gasteiger partial charge in [0.1, 0.15) is 51.4 Å². The van der Waals surface area contributed by atoms with Crippen LogP contribution in [0.4, 0.5) is 34.3 Å². The number of aryl methyl sites for hydroxylation is 3. The number of carbonyl (C=O) groups excluding carboxylic acids is 6. The van der Waals surface area contributed by atoms with E-state index in [0.29, 0.717) is 263 Å². The van der Waals surface area contributed by atoms with Crippen molar-refractivity contribution in [2.75, 3.05) is 228 Å². The molecule has 0 saturated carbocycles. The van der Waals surface area contributed by atoms with Crippen LogP contribution in [-0.4, -0.2) is 322 Å². The van der Waals surface area contributed by atoms with Gasteiger partial charge in [-0.25, -0.2) is 29.0 Å². The zero-order chi connectivity index (χ0) is 103. The Morgan fingerprint density at radius 3 is 1.17 bits per heavy atom. The molecule has 9 aromatic heterocycles. The van der Waals surface area contributed by atoms with Gasteiger partial charge in [-0.1, -0.05) is 70.2 Å². The highest BCUT2D eigenvalue weighted by atomic mass is 35.5. The summed E-state index contributed by atoms with van der Waals surface area (Å²) in [5.74, 6) is -0.927. The number of halogens is 3. The number of nitrogens with one attached hydrogen (secondary N) is 5. The number of aromatic amines is 2. The number of rotatable bonds is 48. The van der Waals surface area contributed by atoms with Crippen molar-refractivity contribution in [3.05, 3.63) is 220 Å². The molecule has 45 heteroatoms. The summed E-state index contributed by atoms with van der Waals surface area (Å²) < 4.78 is 70.0. The van der Waals surface area contributed by atoms with E-state index in [1.807, 2.05) is 75.4 Å². The van der Waals surface area contributed by atoms with Gasteiger partial charge in [-0.3, -0.25) is 28.8 Å². The fourth-order valence-electron chi connectivity index (χ4n) is 17.7. The molecule has 0 fully saturated rings. The number of amides is 6. The number of carbonyl (C=O) groups is 6. The van der Waals surface area contributed by atoms with Gasteiger partial charge in [-0.05, 0) is 107 Å². The molecule has 0 radical (unpaired) electrons. The second-order valence-corrected chi connectivity index (χ2v) is 35.7. The lowest BCUT2D eigenvalue weighted by molar-refractivity contribution is 0.00244. The molecule has 0 aliphatic carbocycles. The number of hydrogen-bond donors (Lipinski definition) is 8. The molecule has 8 N–H and O–H groups in total. The Balaban J connectivity index is 0.000000158. The number of pyridine rings is 3. The van der Waals surface area contributed by atoms with Crippen molar-refractivity contribution in [1.82, 2.24) is 74.3 Å². The lowest BCUT2D eigenvalue weighted by Gasteiger charge is -2.18. The number of ether oxygens (including phenoxy) is 12. The fourth-order valence-corrected chi connectivity index (χ4v) is 18.4. The van der Waals surface area contributed by atoms with E-state index < -0.39 is 17.7 Å². The SMILES string of the molecule is COCCOCCOCCOCCn1cc(C(=O)Nc2cc3cc(C(=O)N4C[C@@H](CCl)c5c4cc(O)c4cccc(C)c54)[nH]c3cn2)nn1.COCCOCCOCCOCCn1cc(C(=O)Nc2ccc3nc(C(=O)N4C[C@@H](CCl)c5c4cc(O)c4cccc(C)c54)cn3c2)nn1.COCCOCCOCCOCCn1cc(C(=O)Nc2cnc3[nH]c(C(=O)N4C[C@@H](CCl)c5c4cc(O)c4cccc(C)c54)cc3c2)nn1. The molecule has 15 aromatic rings. The quantitative estimate of drug-likeness (QED) is 0.0130. The highest BCUT2D eigenvalue weighted by Crippen LogP contribution is 2.50. The van der Waals surface area contributed by atoms with Crippen LogP contribution in [0, 0.1) is 20.8 Å². The normalized spacial score (nSPS) is 14.2. The van der Waals surface area contributed by atoms with Crippen molar-refractivity contribution >= 4 is 164 Å². The summed E-state index contributed by atoms with van der Waals surface area (Å²) in [6.07, 6.45) is 11.0. The van der Waals surface area contributed by atoms with Crippen LogP contribution in [-0.2, 0) is 76.5 Å². The molecule has 0 unspecified atom stereocenters. The van der Waals surface area contributed by atoms with E-state index in [-0.39, 0.29) is 81.3 Å². The maximum Gasteiger partial charge on any atom is 0.278 e. The first-order chi connectivity index (χ1) is 71.6. The van der Waals surface area contributed by atoms with E-state index in [2.05, 4.69) is 71.8 Å². The third-order valence-electron chi connectivity index (χ3n) is 24.8. The summed E-state index contributed by atoms with van der Waals surface area (Å²) in [5.41, 5.74) is 11.6. The molecule has 18 rings (SSSR count). The topological polar surface area (TPSA) is 486 Å². The Morgan fingerprint density at radius 2 is 0.762 bits per heavy atom. The number of anilines is 6. The summed E-state index contributed by atoms with van der Waals surface area (Å²) in [7, 11) is 4.87. The molecular weight excluding hydrogens is 1960 g/mol. The number of imidazole rings is 1. The number of phenols is 3. The highest BCUT2D eigenvalue weighted by Gasteiger charge is 2.40. The van der Waals surface area contributed by atoms with Crippen LogP contribution in [0.15, 0.2) is 153 Å². The van der Waals surface area contributed by atoms with Crippen molar-refractivity contribution in [3.63, 3.8) is 0 Å². The number of hydrogen-bond acceptors (Lipinski definition) is 30. The summed E-state index contributed by atoms with van der Waals surface area (Å²) in [6, 6.07) is 32.4. The Bertz CT molecular complexity index is 6500. The van der Waals surface area contributed by atoms with Crippen LogP contribution in [0.5, 0.6) is 17.2 Å². The predicted molar refractivity (Wildman–Crippen MR) is 551 cm³/mol. The molecule has 0 bridgehead atoms. The zero-order valence-corrected chi connectivity index (χ0v) is 84.1. The monoisotopic (exact) mass is 2070 g/mol. The van der Waals surface area contributed by atoms with Crippen molar-refractivity contribution in [2.24, 2.45) is 0 Å². The number of nitrogens with zero attached hydrogens (tertiary/aromatic N) is 16. The van der Waals surface area contributed by atoms with Crippen LogP contribution >= 0.6 is 34.8 Å². The molecule has 6 aromatic carbocycles. The lowest BCUT2D eigenvalue weighted by Crippen LogP contribution is -2.30. The van der Waals surface area contributed by atoms with E-state index in [1.54, 1.807) is 120 Å². The number of fused-ring (bicyclic) bond motifs is 12. The van der Waals surface area contributed by atoms with Gasteiger partial charge in [-0.2, -0.15) is 0 Å². The highest BCUT2D eigenvalue weighted by molar-refractivity contribution is 6.21. The van der Waals surface area contributed by atoms with Gasteiger partial charge in [0.2, 0.25) is 0 Å². The zero-order valence-electron chi connectivity index (χ0n) is 81.9. The Kier molecular flexibility index (Phi) is 36.8. The Labute approximate surface area is 858 Å². The fraction of sp³-hybridized carbons (Fsp3) is 0.382. The largest absolute Gasteiger partial charge is 0.507 e. The van der Waals surface area contributed by atoms with E-state index in [1.165, 1.54) is 32.6 Å². The molecule has 774 valence electrons. The molecule has 147 heavy (non-hydrogen) atoms. The minimum absolute atomic E-state index is 0.0924. The second kappa shape index (κ2) is 51.0. The van der Waals surface area contributed by atoms with Gasteiger partial charge in [0.15, 0.2) is 17.1 Å². The van der Waals surface area contributed by atoms with Crippen LogP contribution in [0.3, 0.4) is 0 Å². The number of phenolic OH excluding ortho intramolecular Hbond substituents is 3. The second-order valence-electron chi connectivity index (χ2n) is 34.7. The number of aromatic nitrogens is 15. The van der Waals surface area contributed by atoms with E-state index in [0.717, 1.165) is 65.7 Å². The maximum absolute atomic E-state index is 13.9. The summed E-state index contributed by atoms with van der Waals surface area (Å²) >= 11 is 19.2.